The number of esters is 3. The number of rotatable bonds is 49. The Bertz CT molecular complexity index is 1230. The topological polar surface area (TPSA) is 78.9 Å². The number of unbranched alkanes of at least 4 members (excludes halogenated alkanes) is 27. The Morgan fingerprint density at radius 2 is 0.646 bits per heavy atom. The van der Waals surface area contributed by atoms with E-state index < -0.39 is 12.1 Å². The molecule has 374 valence electrons. The van der Waals surface area contributed by atoms with Gasteiger partial charge in [0.25, 0.3) is 0 Å². The van der Waals surface area contributed by atoms with Gasteiger partial charge >= 0.3 is 17.9 Å². The number of hydrogen-bond acceptors (Lipinski definition) is 6. The molecule has 0 saturated carbocycles. The van der Waals surface area contributed by atoms with Crippen LogP contribution in [-0.4, -0.2) is 37.2 Å². The first kappa shape index (κ1) is 61.9. The second-order valence-electron chi connectivity index (χ2n) is 18.1. The van der Waals surface area contributed by atoms with Gasteiger partial charge in [0, 0.05) is 12.8 Å². The van der Waals surface area contributed by atoms with Gasteiger partial charge in [-0.1, -0.05) is 248 Å². The summed E-state index contributed by atoms with van der Waals surface area (Å²) in [6, 6.07) is 0. The lowest BCUT2D eigenvalue weighted by molar-refractivity contribution is -0.166. The van der Waals surface area contributed by atoms with E-state index in [9.17, 15) is 14.4 Å². The minimum atomic E-state index is -0.831. The molecular weight excluding hydrogens is 805 g/mol. The van der Waals surface area contributed by atoms with Crippen LogP contribution >= 0.6 is 0 Å². The Balaban J connectivity index is 4.47. The summed E-state index contributed by atoms with van der Waals surface area (Å²) in [6.45, 7) is 6.45. The van der Waals surface area contributed by atoms with Crippen molar-refractivity contribution >= 4 is 17.9 Å². The second-order valence-corrected chi connectivity index (χ2v) is 18.1. The molecular formula is C59H102O6. The molecule has 0 amide bonds. The van der Waals surface area contributed by atoms with Crippen LogP contribution in [0.25, 0.3) is 0 Å². The zero-order valence-electron chi connectivity index (χ0n) is 42.7. The van der Waals surface area contributed by atoms with Gasteiger partial charge in [0.1, 0.15) is 13.2 Å². The van der Waals surface area contributed by atoms with Gasteiger partial charge in [-0.25, -0.2) is 0 Å². The smallest absolute Gasteiger partial charge is 0.310 e. The minimum absolute atomic E-state index is 0.0973. The van der Waals surface area contributed by atoms with E-state index in [0.717, 1.165) is 83.5 Å². The number of carbonyl (C=O) groups excluding carboxylic acids is 3. The monoisotopic (exact) mass is 907 g/mol. The van der Waals surface area contributed by atoms with E-state index in [-0.39, 0.29) is 31.6 Å². The van der Waals surface area contributed by atoms with E-state index >= 15 is 0 Å². The summed E-state index contributed by atoms with van der Waals surface area (Å²) in [4.78, 5) is 38.0. The van der Waals surface area contributed by atoms with E-state index in [4.69, 9.17) is 14.2 Å². The van der Waals surface area contributed by atoms with Crippen molar-refractivity contribution in [2.45, 2.75) is 271 Å². The third kappa shape index (κ3) is 51.7. The molecule has 0 aromatic carbocycles. The average molecular weight is 907 g/mol. The molecule has 0 bridgehead atoms. The SMILES string of the molecule is CC/C=C\C/C=C\C/C=C\C/C=C\C/C=C\CC(=O)OC(COC(=O)CCCCCCC/C=C\CCCCCCCC)COC(=O)CCCCCCCCCCCCCCCCCCC. The first-order chi connectivity index (χ1) is 32.0. The quantitative estimate of drug-likeness (QED) is 0.0262. The average Bonchev–Trinajstić information content (AvgIpc) is 3.30. The maximum atomic E-state index is 12.8. The van der Waals surface area contributed by atoms with E-state index in [0.29, 0.717) is 12.8 Å². The van der Waals surface area contributed by atoms with Crippen molar-refractivity contribution in [1.82, 2.24) is 0 Å². The highest BCUT2D eigenvalue weighted by Gasteiger charge is 2.19. The molecule has 0 fully saturated rings. The van der Waals surface area contributed by atoms with Gasteiger partial charge in [0.2, 0.25) is 0 Å². The number of allylic oxidation sites excluding steroid dienone is 11. The summed E-state index contributed by atoms with van der Waals surface area (Å²) >= 11 is 0. The van der Waals surface area contributed by atoms with Crippen molar-refractivity contribution in [3.05, 3.63) is 72.9 Å². The van der Waals surface area contributed by atoms with Crippen LogP contribution in [0, 0.1) is 0 Å². The van der Waals surface area contributed by atoms with Crippen molar-refractivity contribution in [3.8, 4) is 0 Å². The Morgan fingerprint density at radius 1 is 0.338 bits per heavy atom. The molecule has 6 nitrogen and oxygen atoms in total. The van der Waals surface area contributed by atoms with Crippen molar-refractivity contribution in [3.63, 3.8) is 0 Å². The maximum absolute atomic E-state index is 12.8. The van der Waals surface area contributed by atoms with E-state index in [2.05, 4.69) is 81.5 Å². The molecule has 1 atom stereocenters. The largest absolute Gasteiger partial charge is 0.462 e. The third-order valence-electron chi connectivity index (χ3n) is 11.7. The van der Waals surface area contributed by atoms with Crippen LogP contribution in [0.3, 0.4) is 0 Å². The zero-order valence-corrected chi connectivity index (χ0v) is 42.7. The molecule has 0 saturated heterocycles. The van der Waals surface area contributed by atoms with Gasteiger partial charge in [-0.15, -0.1) is 0 Å². The molecule has 0 aromatic heterocycles. The fraction of sp³-hybridized carbons (Fsp3) is 0.746. The summed E-state index contributed by atoms with van der Waals surface area (Å²) in [5.41, 5.74) is 0. The van der Waals surface area contributed by atoms with Crippen molar-refractivity contribution in [2.24, 2.45) is 0 Å². The van der Waals surface area contributed by atoms with Crippen molar-refractivity contribution in [2.75, 3.05) is 13.2 Å². The maximum Gasteiger partial charge on any atom is 0.310 e. The number of hydrogen-bond donors (Lipinski definition) is 0. The summed E-state index contributed by atoms with van der Waals surface area (Å²) in [5.74, 6) is -1.05. The van der Waals surface area contributed by atoms with Gasteiger partial charge in [0.15, 0.2) is 6.10 Å². The van der Waals surface area contributed by atoms with Crippen molar-refractivity contribution < 1.29 is 28.6 Å². The summed E-state index contributed by atoms with van der Waals surface area (Å²) in [6.07, 6.45) is 67.7. The van der Waals surface area contributed by atoms with Gasteiger partial charge in [-0.05, 0) is 70.6 Å². The molecule has 0 aliphatic rings. The number of carbonyl (C=O) groups is 3. The highest BCUT2D eigenvalue weighted by atomic mass is 16.6. The molecule has 0 aromatic rings. The standard InChI is InChI=1S/C59H102O6/c1-4-7-10-13-16-19-22-25-28-29-32-34-37-40-43-46-49-52-58(61)64-55-56(65-59(62)53-50-47-44-41-38-35-31-27-24-21-18-15-12-9-6-3)54-63-57(60)51-48-45-42-39-36-33-30-26-23-20-17-14-11-8-5-2/h9,12,18,21,26-27,30-31,38,41,47,50,56H,4-8,10-11,13-17,19-20,22-25,28-29,32-37,39-40,42-46,48-49,51-55H2,1-3H3/b12-9-,21-18-,30-26-,31-27-,41-38-,50-47-. The lowest BCUT2D eigenvalue weighted by Gasteiger charge is -2.18. The van der Waals surface area contributed by atoms with E-state index in [1.54, 1.807) is 6.08 Å². The van der Waals surface area contributed by atoms with Crippen LogP contribution in [-0.2, 0) is 28.6 Å². The first-order valence-corrected chi connectivity index (χ1v) is 27.4. The molecule has 1 unspecified atom stereocenters. The lowest BCUT2D eigenvalue weighted by Crippen LogP contribution is -2.30. The van der Waals surface area contributed by atoms with Crippen LogP contribution in [0.4, 0.5) is 0 Å². The van der Waals surface area contributed by atoms with E-state index in [1.165, 1.54) is 141 Å². The molecule has 0 heterocycles. The third-order valence-corrected chi connectivity index (χ3v) is 11.7. The van der Waals surface area contributed by atoms with Crippen LogP contribution in [0.1, 0.15) is 265 Å². The molecule has 6 heteroatoms. The highest BCUT2D eigenvalue weighted by Crippen LogP contribution is 2.15. The van der Waals surface area contributed by atoms with Gasteiger partial charge < -0.3 is 14.2 Å². The Kier molecular flexibility index (Phi) is 50.9. The second kappa shape index (κ2) is 53.5. The Hall–Kier alpha value is -3.15. The van der Waals surface area contributed by atoms with Crippen LogP contribution in [0.2, 0.25) is 0 Å². The Morgan fingerprint density at radius 3 is 1.00 bits per heavy atom. The molecule has 0 spiro atoms. The fourth-order valence-electron chi connectivity index (χ4n) is 7.63. The number of ether oxygens (including phenoxy) is 3. The summed E-state index contributed by atoms with van der Waals surface area (Å²) < 4.78 is 16.7. The predicted octanol–water partition coefficient (Wildman–Crippen LogP) is 18.2. The van der Waals surface area contributed by atoms with Gasteiger partial charge in [-0.3, -0.25) is 14.4 Å². The molecule has 0 aliphatic heterocycles. The normalized spacial score (nSPS) is 12.6. The Labute approximate surface area is 402 Å². The zero-order chi connectivity index (χ0) is 47.2. The minimum Gasteiger partial charge on any atom is -0.462 e. The fourth-order valence-corrected chi connectivity index (χ4v) is 7.63. The van der Waals surface area contributed by atoms with Crippen LogP contribution < -0.4 is 0 Å². The summed E-state index contributed by atoms with van der Waals surface area (Å²) in [5, 5.41) is 0. The van der Waals surface area contributed by atoms with Gasteiger partial charge in [0.05, 0.1) is 6.42 Å². The van der Waals surface area contributed by atoms with Crippen molar-refractivity contribution in [1.29, 1.82) is 0 Å². The van der Waals surface area contributed by atoms with Gasteiger partial charge in [-0.2, -0.15) is 0 Å². The molecule has 0 radical (unpaired) electrons. The molecule has 0 aliphatic carbocycles. The van der Waals surface area contributed by atoms with E-state index in [1.807, 2.05) is 6.08 Å². The summed E-state index contributed by atoms with van der Waals surface area (Å²) in [7, 11) is 0. The van der Waals surface area contributed by atoms with Crippen LogP contribution in [0.15, 0.2) is 72.9 Å². The lowest BCUT2D eigenvalue weighted by atomic mass is 10.0. The molecule has 0 N–H and O–H groups in total. The predicted molar refractivity (Wildman–Crippen MR) is 279 cm³/mol. The highest BCUT2D eigenvalue weighted by molar-refractivity contribution is 5.72. The molecule has 0 rings (SSSR count). The first-order valence-electron chi connectivity index (χ1n) is 27.4. The van der Waals surface area contributed by atoms with Crippen LogP contribution in [0.5, 0.6) is 0 Å². The molecule has 65 heavy (non-hydrogen) atoms.